The monoisotopic (exact) mass is 185 g/mol. The van der Waals surface area contributed by atoms with Crippen molar-refractivity contribution in [2.45, 2.75) is 39.8 Å². The Kier molecular flexibility index (Phi) is 6.24. The molecule has 1 atom stereocenters. The van der Waals surface area contributed by atoms with Crippen LogP contribution in [0, 0.1) is 0 Å². The molecule has 1 unspecified atom stereocenters. The maximum atomic E-state index is 11.3. The summed E-state index contributed by atoms with van der Waals surface area (Å²) in [6.07, 6.45) is 3.33. The first kappa shape index (κ1) is 12.2. The van der Waals surface area contributed by atoms with Crippen molar-refractivity contribution >= 4 is 5.97 Å². The van der Waals surface area contributed by atoms with Crippen LogP contribution in [0.1, 0.15) is 33.6 Å². The summed E-state index contributed by atoms with van der Waals surface area (Å²) in [5.74, 6) is -0.233. The molecule has 0 fully saturated rings. The zero-order valence-corrected chi connectivity index (χ0v) is 8.89. The van der Waals surface area contributed by atoms with Crippen LogP contribution in [-0.4, -0.2) is 19.2 Å². The highest BCUT2D eigenvalue weighted by molar-refractivity contribution is 5.87. The third-order valence-electron chi connectivity index (χ3n) is 1.77. The minimum absolute atomic E-state index is 0.173. The predicted molar refractivity (Wildman–Crippen MR) is 53.3 cm³/mol. The van der Waals surface area contributed by atoms with Crippen molar-refractivity contribution in [3.05, 3.63) is 11.6 Å². The highest BCUT2D eigenvalue weighted by Gasteiger charge is 2.10. The molecule has 0 heterocycles. The summed E-state index contributed by atoms with van der Waals surface area (Å²) >= 11 is 0. The van der Waals surface area contributed by atoms with E-state index in [0.29, 0.717) is 5.57 Å². The molecule has 0 rings (SSSR count). The number of carbonyl (C=O) groups excluding carboxylic acids is 1. The van der Waals surface area contributed by atoms with E-state index in [4.69, 9.17) is 4.74 Å². The Morgan fingerprint density at radius 3 is 2.54 bits per heavy atom. The summed E-state index contributed by atoms with van der Waals surface area (Å²) in [5.41, 5.74) is 0.677. The molecule has 0 aliphatic heterocycles. The van der Waals surface area contributed by atoms with Crippen molar-refractivity contribution in [1.29, 1.82) is 0 Å². The van der Waals surface area contributed by atoms with E-state index in [2.05, 4.69) is 5.32 Å². The first-order valence-corrected chi connectivity index (χ1v) is 4.70. The Bertz CT molecular complexity index is 183. The van der Waals surface area contributed by atoms with E-state index in [1.807, 2.05) is 19.9 Å². The number of hydrogen-bond acceptors (Lipinski definition) is 3. The Morgan fingerprint density at radius 2 is 2.15 bits per heavy atom. The van der Waals surface area contributed by atoms with Crippen LogP contribution in [0.3, 0.4) is 0 Å². The van der Waals surface area contributed by atoms with Gasteiger partial charge in [0, 0.05) is 5.57 Å². The predicted octanol–water partition coefficient (Wildman–Crippen LogP) is 1.84. The summed E-state index contributed by atoms with van der Waals surface area (Å²) in [7, 11) is 1.78. The van der Waals surface area contributed by atoms with Crippen molar-refractivity contribution in [1.82, 2.24) is 5.32 Å². The average molecular weight is 185 g/mol. The number of esters is 1. The molecule has 0 radical (unpaired) electrons. The van der Waals surface area contributed by atoms with Crippen LogP contribution in [0.4, 0.5) is 0 Å². The minimum atomic E-state index is -0.233. The van der Waals surface area contributed by atoms with Gasteiger partial charge in [-0.2, -0.15) is 0 Å². The molecule has 0 bridgehead atoms. The molecule has 0 aromatic heterocycles. The molecule has 0 amide bonds. The average Bonchev–Trinajstić information content (AvgIpc) is 2.14. The largest absolute Gasteiger partial charge is 0.443 e. The SMILES string of the molecule is CC/C=C(\C)C(=O)OC(CC)NC. The number of carbonyl (C=O) groups is 1. The molecular formula is C10H19NO2. The Labute approximate surface area is 80.2 Å². The normalized spacial score (nSPS) is 14.0. The molecule has 3 nitrogen and oxygen atoms in total. The summed E-state index contributed by atoms with van der Waals surface area (Å²) in [6, 6.07) is 0. The fraction of sp³-hybridized carbons (Fsp3) is 0.700. The number of rotatable bonds is 5. The van der Waals surface area contributed by atoms with E-state index < -0.39 is 0 Å². The molecule has 0 aromatic carbocycles. The molecule has 0 aliphatic carbocycles. The summed E-state index contributed by atoms with van der Waals surface area (Å²) < 4.78 is 5.14. The zero-order valence-electron chi connectivity index (χ0n) is 8.89. The van der Waals surface area contributed by atoms with Crippen LogP contribution in [-0.2, 0) is 9.53 Å². The second-order valence-corrected chi connectivity index (χ2v) is 2.89. The molecule has 0 aromatic rings. The summed E-state index contributed by atoms with van der Waals surface area (Å²) in [4.78, 5) is 11.3. The highest BCUT2D eigenvalue weighted by atomic mass is 16.6. The van der Waals surface area contributed by atoms with Crippen LogP contribution in [0.5, 0.6) is 0 Å². The Morgan fingerprint density at radius 1 is 1.54 bits per heavy atom. The van der Waals surface area contributed by atoms with Crippen LogP contribution in [0.15, 0.2) is 11.6 Å². The quantitative estimate of drug-likeness (QED) is 0.403. The molecule has 3 heteroatoms. The van der Waals surface area contributed by atoms with Crippen molar-refractivity contribution in [2.24, 2.45) is 0 Å². The van der Waals surface area contributed by atoms with Gasteiger partial charge in [0.25, 0.3) is 0 Å². The minimum Gasteiger partial charge on any atom is -0.443 e. The molecule has 1 N–H and O–H groups in total. The van der Waals surface area contributed by atoms with Crippen molar-refractivity contribution in [2.75, 3.05) is 7.05 Å². The molecule has 0 saturated heterocycles. The topological polar surface area (TPSA) is 38.3 Å². The Hall–Kier alpha value is -0.830. The second kappa shape index (κ2) is 6.66. The summed E-state index contributed by atoms with van der Waals surface area (Å²) in [6.45, 7) is 5.73. The van der Waals surface area contributed by atoms with E-state index >= 15 is 0 Å². The van der Waals surface area contributed by atoms with Gasteiger partial charge in [-0.3, -0.25) is 5.32 Å². The van der Waals surface area contributed by atoms with Gasteiger partial charge in [0.1, 0.15) is 0 Å². The van der Waals surface area contributed by atoms with Crippen molar-refractivity contribution < 1.29 is 9.53 Å². The van der Waals surface area contributed by atoms with Gasteiger partial charge in [-0.1, -0.05) is 19.9 Å². The highest BCUT2D eigenvalue weighted by Crippen LogP contribution is 2.02. The standard InChI is InChI=1S/C10H19NO2/c1-5-7-8(3)10(12)13-9(6-2)11-4/h7,9,11H,5-6H2,1-4H3/b8-7+. The zero-order chi connectivity index (χ0) is 10.3. The summed E-state index contributed by atoms with van der Waals surface area (Å²) in [5, 5.41) is 2.91. The van der Waals surface area contributed by atoms with Crippen molar-refractivity contribution in [3.8, 4) is 0 Å². The lowest BCUT2D eigenvalue weighted by atomic mass is 10.2. The maximum absolute atomic E-state index is 11.3. The van der Waals surface area contributed by atoms with E-state index in [-0.39, 0.29) is 12.2 Å². The molecule has 13 heavy (non-hydrogen) atoms. The van der Waals surface area contributed by atoms with E-state index in [1.165, 1.54) is 0 Å². The van der Waals surface area contributed by atoms with E-state index in [9.17, 15) is 4.79 Å². The van der Waals surface area contributed by atoms with Crippen LogP contribution in [0.2, 0.25) is 0 Å². The van der Waals surface area contributed by atoms with Gasteiger partial charge < -0.3 is 4.74 Å². The molecular weight excluding hydrogens is 166 g/mol. The number of nitrogens with one attached hydrogen (secondary N) is 1. The van der Waals surface area contributed by atoms with Crippen LogP contribution >= 0.6 is 0 Å². The van der Waals surface area contributed by atoms with Gasteiger partial charge in [0.05, 0.1) is 0 Å². The van der Waals surface area contributed by atoms with Crippen molar-refractivity contribution in [3.63, 3.8) is 0 Å². The van der Waals surface area contributed by atoms with Gasteiger partial charge >= 0.3 is 5.97 Å². The van der Waals surface area contributed by atoms with Crippen LogP contribution < -0.4 is 5.32 Å². The van der Waals surface area contributed by atoms with Gasteiger partial charge in [-0.15, -0.1) is 0 Å². The first-order chi connectivity index (χ1) is 6.15. The van der Waals surface area contributed by atoms with E-state index in [0.717, 1.165) is 12.8 Å². The lowest BCUT2D eigenvalue weighted by Crippen LogP contribution is -2.30. The van der Waals surface area contributed by atoms with Gasteiger partial charge in [0.2, 0.25) is 0 Å². The smallest absolute Gasteiger partial charge is 0.334 e. The lowest BCUT2D eigenvalue weighted by molar-refractivity contribution is -0.145. The fourth-order valence-electron chi connectivity index (χ4n) is 0.958. The van der Waals surface area contributed by atoms with Gasteiger partial charge in [-0.05, 0) is 26.8 Å². The third-order valence-corrected chi connectivity index (χ3v) is 1.77. The third kappa shape index (κ3) is 4.68. The molecule has 0 spiro atoms. The van der Waals surface area contributed by atoms with Gasteiger partial charge in [0.15, 0.2) is 6.23 Å². The van der Waals surface area contributed by atoms with Crippen LogP contribution in [0.25, 0.3) is 0 Å². The number of hydrogen-bond donors (Lipinski definition) is 1. The molecule has 76 valence electrons. The first-order valence-electron chi connectivity index (χ1n) is 4.70. The molecule has 0 saturated carbocycles. The Balaban J connectivity index is 4.05. The number of ether oxygens (including phenoxy) is 1. The maximum Gasteiger partial charge on any atom is 0.334 e. The lowest BCUT2D eigenvalue weighted by Gasteiger charge is -2.14. The van der Waals surface area contributed by atoms with Gasteiger partial charge in [-0.25, -0.2) is 4.79 Å². The molecule has 0 aliphatic rings. The van der Waals surface area contributed by atoms with E-state index in [1.54, 1.807) is 14.0 Å². The second-order valence-electron chi connectivity index (χ2n) is 2.89. The fourth-order valence-corrected chi connectivity index (χ4v) is 0.958. The number of allylic oxidation sites excluding steroid dienone is 1.